The zero-order chi connectivity index (χ0) is 16.5. The third kappa shape index (κ3) is 3.82. The molecular formula is C17H25N3O3. The molecule has 23 heavy (non-hydrogen) atoms. The van der Waals surface area contributed by atoms with Crippen LogP contribution in [0.4, 0.5) is 5.69 Å². The van der Waals surface area contributed by atoms with E-state index in [0.717, 1.165) is 31.6 Å². The maximum atomic E-state index is 12.1. The highest BCUT2D eigenvalue weighted by Gasteiger charge is 2.39. The molecular weight excluding hydrogens is 294 g/mol. The van der Waals surface area contributed by atoms with E-state index in [-0.39, 0.29) is 17.2 Å². The lowest BCUT2D eigenvalue weighted by Crippen LogP contribution is -2.45. The Morgan fingerprint density at radius 3 is 2.39 bits per heavy atom. The second-order valence-corrected chi connectivity index (χ2v) is 7.20. The number of amides is 1. The van der Waals surface area contributed by atoms with Crippen molar-refractivity contribution in [1.29, 1.82) is 0 Å². The van der Waals surface area contributed by atoms with Gasteiger partial charge in [-0.2, -0.15) is 0 Å². The number of ether oxygens (including phenoxy) is 2. The topological polar surface area (TPSA) is 63.7 Å². The number of carbonyl (C=O) groups excluding carboxylic acids is 1. The van der Waals surface area contributed by atoms with Crippen molar-refractivity contribution in [1.82, 2.24) is 10.3 Å². The van der Waals surface area contributed by atoms with Crippen LogP contribution in [-0.4, -0.2) is 48.5 Å². The van der Waals surface area contributed by atoms with Crippen LogP contribution in [0.2, 0.25) is 0 Å². The van der Waals surface area contributed by atoms with Gasteiger partial charge in [-0.25, -0.2) is 4.98 Å². The Kier molecular flexibility index (Phi) is 4.29. The lowest BCUT2D eigenvalue weighted by atomic mass is 10.0. The summed E-state index contributed by atoms with van der Waals surface area (Å²) in [5.41, 5.74) is 1.21. The van der Waals surface area contributed by atoms with Crippen LogP contribution in [0.1, 0.15) is 44.1 Å². The molecule has 6 heteroatoms. The van der Waals surface area contributed by atoms with Crippen LogP contribution in [-0.2, 0) is 9.47 Å². The second-order valence-electron chi connectivity index (χ2n) is 7.20. The maximum Gasteiger partial charge on any atom is 0.270 e. The largest absolute Gasteiger partial charge is 0.370 e. The molecule has 0 saturated carbocycles. The summed E-state index contributed by atoms with van der Waals surface area (Å²) in [6, 6.07) is 3.74. The number of anilines is 1. The first kappa shape index (κ1) is 16.2. The van der Waals surface area contributed by atoms with Crippen LogP contribution in [0.25, 0.3) is 0 Å². The fourth-order valence-corrected chi connectivity index (χ4v) is 3.00. The molecule has 2 fully saturated rings. The van der Waals surface area contributed by atoms with Gasteiger partial charge >= 0.3 is 0 Å². The molecule has 0 bridgehead atoms. The molecule has 1 aromatic rings. The molecule has 1 N–H and O–H groups in total. The normalized spacial score (nSPS) is 20.7. The van der Waals surface area contributed by atoms with Gasteiger partial charge in [0.2, 0.25) is 0 Å². The lowest BCUT2D eigenvalue weighted by molar-refractivity contribution is -0.169. The molecule has 1 aromatic heterocycles. The molecule has 1 amide bonds. The molecule has 0 atom stereocenters. The number of rotatable bonds is 2. The minimum Gasteiger partial charge on any atom is -0.370 e. The average Bonchev–Trinajstić information content (AvgIpc) is 2.95. The van der Waals surface area contributed by atoms with Crippen LogP contribution in [0.15, 0.2) is 18.3 Å². The monoisotopic (exact) mass is 319 g/mol. The van der Waals surface area contributed by atoms with E-state index in [1.54, 1.807) is 12.3 Å². The summed E-state index contributed by atoms with van der Waals surface area (Å²) in [5.74, 6) is -0.509. The van der Waals surface area contributed by atoms with Crippen LogP contribution >= 0.6 is 0 Å². The van der Waals surface area contributed by atoms with E-state index >= 15 is 0 Å². The Balaban J connectivity index is 1.61. The Labute approximate surface area is 137 Å². The van der Waals surface area contributed by atoms with Gasteiger partial charge in [-0.15, -0.1) is 0 Å². The quantitative estimate of drug-likeness (QED) is 0.903. The summed E-state index contributed by atoms with van der Waals surface area (Å²) in [6.07, 6.45) is 3.49. The van der Waals surface area contributed by atoms with Crippen molar-refractivity contribution in [2.24, 2.45) is 0 Å². The zero-order valence-electron chi connectivity index (χ0n) is 14.1. The predicted molar refractivity (Wildman–Crippen MR) is 87.5 cm³/mol. The fourth-order valence-electron chi connectivity index (χ4n) is 3.00. The van der Waals surface area contributed by atoms with Crippen molar-refractivity contribution in [3.05, 3.63) is 24.0 Å². The van der Waals surface area contributed by atoms with E-state index in [1.807, 2.05) is 26.8 Å². The van der Waals surface area contributed by atoms with Crippen molar-refractivity contribution in [2.45, 2.75) is 44.9 Å². The van der Waals surface area contributed by atoms with Crippen LogP contribution < -0.4 is 10.2 Å². The molecule has 0 unspecified atom stereocenters. The molecule has 0 radical (unpaired) electrons. The standard InChI is InChI=1S/C17H25N3O3/c1-16(2,3)19-15(21)14-5-4-13(12-18-14)20-8-6-17(7-9-20)22-10-11-23-17/h4-5,12H,6-11H2,1-3H3,(H,19,21). The third-order valence-electron chi connectivity index (χ3n) is 4.17. The minimum atomic E-state index is -0.365. The van der Waals surface area contributed by atoms with Crippen molar-refractivity contribution in [2.75, 3.05) is 31.2 Å². The van der Waals surface area contributed by atoms with E-state index in [2.05, 4.69) is 15.2 Å². The smallest absolute Gasteiger partial charge is 0.270 e. The Morgan fingerprint density at radius 2 is 1.87 bits per heavy atom. The first-order chi connectivity index (χ1) is 10.9. The number of nitrogens with one attached hydrogen (secondary N) is 1. The van der Waals surface area contributed by atoms with Gasteiger partial charge in [0, 0.05) is 31.5 Å². The van der Waals surface area contributed by atoms with Gasteiger partial charge in [-0.1, -0.05) is 0 Å². The fraction of sp³-hybridized carbons (Fsp3) is 0.647. The molecule has 0 aromatic carbocycles. The lowest BCUT2D eigenvalue weighted by Gasteiger charge is -2.38. The maximum absolute atomic E-state index is 12.1. The summed E-state index contributed by atoms with van der Waals surface area (Å²) in [4.78, 5) is 18.7. The average molecular weight is 319 g/mol. The van der Waals surface area contributed by atoms with Gasteiger partial charge in [0.15, 0.2) is 5.79 Å². The molecule has 2 aliphatic rings. The molecule has 6 nitrogen and oxygen atoms in total. The van der Waals surface area contributed by atoms with Crippen LogP contribution in [0.5, 0.6) is 0 Å². The van der Waals surface area contributed by atoms with Crippen molar-refractivity contribution in [3.8, 4) is 0 Å². The van der Waals surface area contributed by atoms with Gasteiger partial charge in [0.05, 0.1) is 25.1 Å². The molecule has 3 heterocycles. The minimum absolute atomic E-state index is 0.144. The van der Waals surface area contributed by atoms with Crippen LogP contribution in [0.3, 0.4) is 0 Å². The Hall–Kier alpha value is -1.66. The summed E-state index contributed by atoms with van der Waals surface area (Å²) in [6.45, 7) is 8.99. The second kappa shape index (κ2) is 6.09. The van der Waals surface area contributed by atoms with E-state index in [9.17, 15) is 4.79 Å². The molecule has 1 spiro atoms. The SMILES string of the molecule is CC(C)(C)NC(=O)c1ccc(N2CCC3(CC2)OCCO3)cn1. The Morgan fingerprint density at radius 1 is 1.22 bits per heavy atom. The Bertz CT molecular complexity index is 549. The summed E-state index contributed by atoms with van der Waals surface area (Å²) in [7, 11) is 0. The van der Waals surface area contributed by atoms with E-state index in [4.69, 9.17) is 9.47 Å². The number of carbonyl (C=O) groups is 1. The highest BCUT2D eigenvalue weighted by molar-refractivity contribution is 5.92. The first-order valence-corrected chi connectivity index (χ1v) is 8.18. The van der Waals surface area contributed by atoms with Crippen molar-refractivity contribution >= 4 is 11.6 Å². The van der Waals surface area contributed by atoms with Gasteiger partial charge in [0.1, 0.15) is 5.69 Å². The zero-order valence-corrected chi connectivity index (χ0v) is 14.1. The number of piperidine rings is 1. The first-order valence-electron chi connectivity index (χ1n) is 8.18. The third-order valence-corrected chi connectivity index (χ3v) is 4.17. The number of nitrogens with zero attached hydrogens (tertiary/aromatic N) is 2. The van der Waals surface area contributed by atoms with Gasteiger partial charge < -0.3 is 19.7 Å². The molecule has 0 aliphatic carbocycles. The van der Waals surface area contributed by atoms with Crippen molar-refractivity contribution < 1.29 is 14.3 Å². The van der Waals surface area contributed by atoms with E-state index < -0.39 is 0 Å². The summed E-state index contributed by atoms with van der Waals surface area (Å²) in [5, 5.41) is 2.92. The summed E-state index contributed by atoms with van der Waals surface area (Å²) >= 11 is 0. The van der Waals surface area contributed by atoms with E-state index in [0.29, 0.717) is 18.9 Å². The number of hydrogen-bond donors (Lipinski definition) is 1. The molecule has 126 valence electrons. The highest BCUT2D eigenvalue weighted by atomic mass is 16.7. The number of pyridine rings is 1. The number of hydrogen-bond acceptors (Lipinski definition) is 5. The van der Waals surface area contributed by atoms with Crippen LogP contribution in [0, 0.1) is 0 Å². The van der Waals surface area contributed by atoms with Gasteiger partial charge in [0.25, 0.3) is 5.91 Å². The molecule has 2 saturated heterocycles. The van der Waals surface area contributed by atoms with Crippen molar-refractivity contribution in [3.63, 3.8) is 0 Å². The highest BCUT2D eigenvalue weighted by Crippen LogP contribution is 2.32. The van der Waals surface area contributed by atoms with Gasteiger partial charge in [-0.05, 0) is 32.9 Å². The number of aromatic nitrogens is 1. The van der Waals surface area contributed by atoms with Gasteiger partial charge in [-0.3, -0.25) is 4.79 Å². The molecule has 2 aliphatic heterocycles. The van der Waals surface area contributed by atoms with E-state index in [1.165, 1.54) is 0 Å². The molecule has 3 rings (SSSR count). The predicted octanol–water partition coefficient (Wildman–Crippen LogP) is 1.95. The summed E-state index contributed by atoms with van der Waals surface area (Å²) < 4.78 is 11.5.